The van der Waals surface area contributed by atoms with Crippen LogP contribution in [0.3, 0.4) is 0 Å². The molecule has 0 unspecified atom stereocenters. The number of hydrogen-bond donors (Lipinski definition) is 1. The lowest BCUT2D eigenvalue weighted by Gasteiger charge is -2.06. The monoisotopic (exact) mass is 287 g/mol. The molecule has 1 N–H and O–H groups in total. The predicted octanol–water partition coefficient (Wildman–Crippen LogP) is 3.00. The second-order valence-corrected chi connectivity index (χ2v) is 5.12. The molecule has 1 aliphatic carbocycles. The van der Waals surface area contributed by atoms with Crippen LogP contribution in [0.15, 0.2) is 28.7 Å². The van der Waals surface area contributed by atoms with Crippen LogP contribution in [-0.4, -0.2) is 24.9 Å². The third-order valence-corrected chi connectivity index (χ3v) is 3.53. The molecule has 5 nitrogen and oxygen atoms in total. The Hall–Kier alpha value is -2.30. The van der Waals surface area contributed by atoms with Gasteiger partial charge in [-0.25, -0.2) is 4.79 Å². The number of anilines is 1. The molecule has 1 saturated carbocycles. The predicted molar refractivity (Wildman–Crippen MR) is 78.4 cm³/mol. The van der Waals surface area contributed by atoms with Crippen molar-refractivity contribution in [3.8, 4) is 0 Å². The molecule has 3 rings (SSSR count). The van der Waals surface area contributed by atoms with Gasteiger partial charge in [0.2, 0.25) is 5.76 Å². The minimum atomic E-state index is -0.518. The van der Waals surface area contributed by atoms with Crippen molar-refractivity contribution in [3.05, 3.63) is 30.0 Å². The third kappa shape index (κ3) is 2.77. The first kappa shape index (κ1) is 13.7. The van der Waals surface area contributed by atoms with Crippen LogP contribution in [0.1, 0.15) is 30.3 Å². The fraction of sp³-hybridized carbons (Fsp3) is 0.375. The fourth-order valence-electron chi connectivity index (χ4n) is 2.29. The highest BCUT2D eigenvalue weighted by Gasteiger charge is 2.30. The lowest BCUT2D eigenvalue weighted by Crippen LogP contribution is -2.17. The highest BCUT2D eigenvalue weighted by Crippen LogP contribution is 2.33. The molecular formula is C16H17NO4. The highest BCUT2D eigenvalue weighted by molar-refractivity contribution is 6.05. The molecule has 0 spiro atoms. The molecule has 110 valence electrons. The van der Waals surface area contributed by atoms with E-state index >= 15 is 0 Å². The number of esters is 1. The number of fused-ring (bicyclic) bond motifs is 1. The Morgan fingerprint density at radius 3 is 2.81 bits per heavy atom. The second-order valence-electron chi connectivity index (χ2n) is 5.12. The molecule has 1 fully saturated rings. The first-order valence-electron chi connectivity index (χ1n) is 7.16. The highest BCUT2D eigenvalue weighted by atomic mass is 16.5. The van der Waals surface area contributed by atoms with Crippen LogP contribution in [0.2, 0.25) is 0 Å². The lowest BCUT2D eigenvalue weighted by molar-refractivity contribution is -0.118. The van der Waals surface area contributed by atoms with Gasteiger partial charge < -0.3 is 14.5 Å². The smallest absolute Gasteiger partial charge is 0.376 e. The van der Waals surface area contributed by atoms with Gasteiger partial charge in [0.1, 0.15) is 5.58 Å². The molecule has 0 radical (unpaired) electrons. The molecule has 0 aliphatic heterocycles. The summed E-state index contributed by atoms with van der Waals surface area (Å²) in [7, 11) is 0. The van der Waals surface area contributed by atoms with Gasteiger partial charge in [-0.1, -0.05) is 12.1 Å². The first-order valence-corrected chi connectivity index (χ1v) is 7.16. The summed E-state index contributed by atoms with van der Waals surface area (Å²) >= 11 is 0. The van der Waals surface area contributed by atoms with Crippen molar-refractivity contribution in [2.75, 3.05) is 18.5 Å². The van der Waals surface area contributed by atoms with E-state index < -0.39 is 5.97 Å². The van der Waals surface area contributed by atoms with Gasteiger partial charge in [0.25, 0.3) is 0 Å². The number of furan rings is 1. The van der Waals surface area contributed by atoms with E-state index in [9.17, 15) is 9.59 Å². The number of hydrogen-bond acceptors (Lipinski definition) is 5. The molecule has 5 heteroatoms. The van der Waals surface area contributed by atoms with Crippen molar-refractivity contribution in [2.45, 2.75) is 19.8 Å². The van der Waals surface area contributed by atoms with Crippen LogP contribution in [0.25, 0.3) is 11.0 Å². The summed E-state index contributed by atoms with van der Waals surface area (Å²) in [5, 5.41) is 3.83. The molecule has 1 aromatic heterocycles. The number of carbonyl (C=O) groups excluding carboxylic acids is 2. The van der Waals surface area contributed by atoms with Crippen LogP contribution < -0.4 is 5.32 Å². The number of rotatable bonds is 6. The van der Waals surface area contributed by atoms with Crippen molar-refractivity contribution < 1.29 is 18.7 Å². The fourth-order valence-corrected chi connectivity index (χ4v) is 2.29. The molecular weight excluding hydrogens is 270 g/mol. The number of Topliss-reactive ketones (excluding diaryl/α,β-unsaturated/α-hetero) is 1. The van der Waals surface area contributed by atoms with Crippen LogP contribution in [-0.2, 0) is 9.53 Å². The molecule has 0 saturated heterocycles. The molecule has 0 atom stereocenters. The number of benzene rings is 1. The maximum absolute atomic E-state index is 12.0. The van der Waals surface area contributed by atoms with E-state index in [1.807, 2.05) is 18.2 Å². The van der Waals surface area contributed by atoms with Crippen molar-refractivity contribution in [2.24, 2.45) is 5.92 Å². The number of ketones is 1. The second kappa shape index (κ2) is 5.60. The summed E-state index contributed by atoms with van der Waals surface area (Å²) in [5.74, 6) is -0.0338. The minimum absolute atomic E-state index is 0.127. The van der Waals surface area contributed by atoms with Crippen LogP contribution >= 0.6 is 0 Å². The minimum Gasteiger partial charge on any atom is -0.460 e. The lowest BCUT2D eigenvalue weighted by atomic mass is 10.2. The van der Waals surface area contributed by atoms with Gasteiger partial charge in [-0.15, -0.1) is 0 Å². The normalized spacial score (nSPS) is 14.1. The van der Waals surface area contributed by atoms with Crippen molar-refractivity contribution >= 4 is 28.4 Å². The summed E-state index contributed by atoms with van der Waals surface area (Å²) < 4.78 is 10.6. The Labute approximate surface area is 122 Å². The maximum Gasteiger partial charge on any atom is 0.376 e. The Balaban J connectivity index is 1.90. The summed E-state index contributed by atoms with van der Waals surface area (Å²) in [5.41, 5.74) is 1.14. The average molecular weight is 287 g/mol. The van der Waals surface area contributed by atoms with Crippen LogP contribution in [0, 0.1) is 5.92 Å². The van der Waals surface area contributed by atoms with Crippen LogP contribution in [0.4, 0.5) is 5.69 Å². The maximum atomic E-state index is 12.0. The molecule has 2 aromatic rings. The van der Waals surface area contributed by atoms with Gasteiger partial charge in [-0.3, -0.25) is 4.79 Å². The Kier molecular flexibility index (Phi) is 3.64. The zero-order valence-corrected chi connectivity index (χ0v) is 11.8. The van der Waals surface area contributed by atoms with E-state index in [2.05, 4.69) is 5.32 Å². The average Bonchev–Trinajstić information content (AvgIpc) is 3.26. The van der Waals surface area contributed by atoms with Crippen LogP contribution in [0.5, 0.6) is 0 Å². The third-order valence-electron chi connectivity index (χ3n) is 3.53. The van der Waals surface area contributed by atoms with Crippen molar-refractivity contribution in [1.29, 1.82) is 0 Å². The van der Waals surface area contributed by atoms with Gasteiger partial charge in [0.05, 0.1) is 18.8 Å². The van der Waals surface area contributed by atoms with E-state index in [1.54, 1.807) is 13.0 Å². The van der Waals surface area contributed by atoms with E-state index in [-0.39, 0.29) is 30.6 Å². The zero-order chi connectivity index (χ0) is 14.8. The van der Waals surface area contributed by atoms with E-state index in [4.69, 9.17) is 9.15 Å². The van der Waals surface area contributed by atoms with E-state index in [0.717, 1.165) is 18.2 Å². The summed E-state index contributed by atoms with van der Waals surface area (Å²) in [4.78, 5) is 23.8. The molecule has 1 aromatic carbocycles. The molecule has 1 aliphatic rings. The Bertz CT molecular complexity index is 685. The molecule has 1 heterocycles. The topological polar surface area (TPSA) is 68.5 Å². The van der Waals surface area contributed by atoms with Gasteiger partial charge in [0.15, 0.2) is 5.78 Å². The summed E-state index contributed by atoms with van der Waals surface area (Å²) in [6.45, 7) is 2.22. The zero-order valence-electron chi connectivity index (χ0n) is 11.8. The number of carbonyl (C=O) groups is 2. The summed E-state index contributed by atoms with van der Waals surface area (Å²) in [6, 6.07) is 7.33. The van der Waals surface area contributed by atoms with Gasteiger partial charge in [-0.05, 0) is 31.9 Å². The van der Waals surface area contributed by atoms with Crippen molar-refractivity contribution in [1.82, 2.24) is 0 Å². The molecule has 0 bridgehead atoms. The Morgan fingerprint density at radius 1 is 1.33 bits per heavy atom. The van der Waals surface area contributed by atoms with E-state index in [0.29, 0.717) is 11.3 Å². The van der Waals surface area contributed by atoms with Gasteiger partial charge >= 0.3 is 5.97 Å². The Morgan fingerprint density at radius 2 is 2.10 bits per heavy atom. The van der Waals surface area contributed by atoms with Gasteiger partial charge in [-0.2, -0.15) is 0 Å². The number of para-hydroxylation sites is 1. The molecule has 21 heavy (non-hydrogen) atoms. The van der Waals surface area contributed by atoms with Gasteiger partial charge in [0, 0.05) is 11.3 Å². The quantitative estimate of drug-likeness (QED) is 0.827. The first-order chi connectivity index (χ1) is 10.2. The summed E-state index contributed by atoms with van der Waals surface area (Å²) in [6.07, 6.45) is 1.94. The number of nitrogens with one attached hydrogen (secondary N) is 1. The van der Waals surface area contributed by atoms with Crippen molar-refractivity contribution in [3.63, 3.8) is 0 Å². The largest absolute Gasteiger partial charge is 0.460 e. The number of ether oxygens (including phenoxy) is 1. The SMILES string of the molecule is CCOC(=O)c1oc2ccccc2c1NCC(=O)C1CC1. The van der Waals surface area contributed by atoms with E-state index in [1.165, 1.54) is 0 Å². The standard InChI is InChI=1S/C16H17NO4/c1-2-20-16(19)15-14(17-9-12(18)10-7-8-10)11-5-3-4-6-13(11)21-15/h3-6,10,17H,2,7-9H2,1H3. The molecule has 0 amide bonds.